The molecule has 5 heteroatoms. The van der Waals surface area contributed by atoms with Gasteiger partial charge in [0.05, 0.1) is 11.7 Å². The molecule has 0 saturated carbocycles. The Labute approximate surface area is 125 Å². The molecule has 0 spiro atoms. The summed E-state index contributed by atoms with van der Waals surface area (Å²) in [6.45, 7) is 4.12. The quantitative estimate of drug-likeness (QED) is 0.846. The van der Waals surface area contributed by atoms with E-state index in [1.807, 2.05) is 6.92 Å². The summed E-state index contributed by atoms with van der Waals surface area (Å²) in [5.41, 5.74) is 0.465. The first-order valence-electron chi connectivity index (χ1n) is 7.30. The molecule has 1 aromatic carbocycles. The number of ether oxygens (including phenoxy) is 1. The lowest BCUT2D eigenvalue weighted by atomic mass is 9.96. The third-order valence-corrected chi connectivity index (χ3v) is 3.91. The smallest absolute Gasteiger partial charge is 0.137 e. The summed E-state index contributed by atoms with van der Waals surface area (Å²) < 4.78 is 5.52. The number of nitriles is 1. The van der Waals surface area contributed by atoms with E-state index >= 15 is 0 Å². The van der Waals surface area contributed by atoms with E-state index in [0.717, 1.165) is 13.0 Å². The van der Waals surface area contributed by atoms with Gasteiger partial charge < -0.3 is 14.9 Å². The van der Waals surface area contributed by atoms with Gasteiger partial charge in [0.1, 0.15) is 24.5 Å². The van der Waals surface area contributed by atoms with Gasteiger partial charge >= 0.3 is 0 Å². The summed E-state index contributed by atoms with van der Waals surface area (Å²) >= 11 is 0. The third kappa shape index (κ3) is 4.43. The normalized spacial score (nSPS) is 24.3. The minimum atomic E-state index is -0.641. The third-order valence-electron chi connectivity index (χ3n) is 3.91. The van der Waals surface area contributed by atoms with Gasteiger partial charge in [0, 0.05) is 13.1 Å². The van der Waals surface area contributed by atoms with Crippen LogP contribution in [0.2, 0.25) is 0 Å². The van der Waals surface area contributed by atoms with E-state index in [2.05, 4.69) is 11.0 Å². The summed E-state index contributed by atoms with van der Waals surface area (Å²) in [5, 5.41) is 28.9. The molecule has 1 aromatic rings. The molecule has 2 rings (SSSR count). The zero-order valence-electron chi connectivity index (χ0n) is 12.3. The minimum absolute atomic E-state index is 0.140. The molecule has 21 heavy (non-hydrogen) atoms. The molecule has 1 heterocycles. The minimum Gasteiger partial charge on any atom is -0.489 e. The molecule has 0 aliphatic carbocycles. The number of nitrogens with zero attached hydrogens (tertiary/aromatic N) is 2. The van der Waals surface area contributed by atoms with E-state index in [4.69, 9.17) is 10.00 Å². The number of likely N-dealkylation sites (tertiary alicyclic amines) is 1. The number of benzene rings is 1. The van der Waals surface area contributed by atoms with Crippen LogP contribution in [0, 0.1) is 17.2 Å². The Bertz CT molecular complexity index is 501. The summed E-state index contributed by atoms with van der Waals surface area (Å²) in [7, 11) is 0. The molecule has 0 amide bonds. The van der Waals surface area contributed by atoms with E-state index < -0.39 is 6.10 Å². The number of aliphatic hydroxyl groups excluding tert-OH is 2. The summed E-state index contributed by atoms with van der Waals surface area (Å²) in [6, 6.07) is 9.04. The van der Waals surface area contributed by atoms with E-state index in [9.17, 15) is 10.2 Å². The van der Waals surface area contributed by atoms with Gasteiger partial charge in [-0.1, -0.05) is 19.1 Å². The molecule has 3 unspecified atom stereocenters. The lowest BCUT2D eigenvalue weighted by Crippen LogP contribution is -2.46. The van der Waals surface area contributed by atoms with Crippen molar-refractivity contribution in [1.82, 2.24) is 4.90 Å². The monoisotopic (exact) mass is 290 g/mol. The zero-order valence-corrected chi connectivity index (χ0v) is 12.3. The Morgan fingerprint density at radius 3 is 2.95 bits per heavy atom. The number of para-hydroxylation sites is 1. The van der Waals surface area contributed by atoms with Crippen LogP contribution in [-0.4, -0.2) is 53.6 Å². The molecule has 3 atom stereocenters. The van der Waals surface area contributed by atoms with Gasteiger partial charge in [-0.05, 0) is 31.0 Å². The lowest BCUT2D eigenvalue weighted by Gasteiger charge is -2.35. The Balaban J connectivity index is 1.80. The van der Waals surface area contributed by atoms with E-state index in [1.54, 1.807) is 24.3 Å². The highest BCUT2D eigenvalue weighted by atomic mass is 16.5. The Morgan fingerprint density at radius 1 is 1.48 bits per heavy atom. The highest BCUT2D eigenvalue weighted by Gasteiger charge is 2.25. The highest BCUT2D eigenvalue weighted by Crippen LogP contribution is 2.18. The first-order chi connectivity index (χ1) is 10.1. The molecule has 0 bridgehead atoms. The maximum atomic E-state index is 10.0. The summed E-state index contributed by atoms with van der Waals surface area (Å²) in [4.78, 5) is 2.05. The molecular formula is C16H22N2O3. The largest absolute Gasteiger partial charge is 0.489 e. The molecule has 1 fully saturated rings. The molecule has 0 radical (unpaired) electrons. The Kier molecular flexibility index (Phi) is 5.57. The predicted octanol–water partition coefficient (Wildman–Crippen LogP) is 1.00. The maximum Gasteiger partial charge on any atom is 0.137 e. The van der Waals surface area contributed by atoms with Crippen LogP contribution in [0.3, 0.4) is 0 Å². The standard InChI is InChI=1S/C16H22N2O3/c1-12-6-7-18(10-15(12)20)9-14(19)11-21-16-5-3-2-4-13(16)8-17/h2-5,12,14-15,19-20H,6-7,9-11H2,1H3. The number of aliphatic hydroxyl groups is 2. The first-order valence-corrected chi connectivity index (χ1v) is 7.30. The molecule has 5 nitrogen and oxygen atoms in total. The van der Waals surface area contributed by atoms with Gasteiger partial charge in [0.2, 0.25) is 0 Å². The van der Waals surface area contributed by atoms with Crippen LogP contribution in [0.5, 0.6) is 5.75 Å². The van der Waals surface area contributed by atoms with Gasteiger partial charge in [-0.25, -0.2) is 0 Å². The molecule has 2 N–H and O–H groups in total. The second kappa shape index (κ2) is 7.41. The van der Waals surface area contributed by atoms with Gasteiger partial charge in [-0.15, -0.1) is 0 Å². The zero-order chi connectivity index (χ0) is 15.2. The van der Waals surface area contributed by atoms with Crippen molar-refractivity contribution in [3.63, 3.8) is 0 Å². The van der Waals surface area contributed by atoms with E-state index in [1.165, 1.54) is 0 Å². The predicted molar refractivity (Wildman–Crippen MR) is 78.9 cm³/mol. The van der Waals surface area contributed by atoms with Crippen molar-refractivity contribution in [2.75, 3.05) is 26.2 Å². The number of piperidine rings is 1. The summed E-state index contributed by atoms with van der Waals surface area (Å²) in [6.07, 6.45) is -0.0324. The van der Waals surface area contributed by atoms with Crippen molar-refractivity contribution in [2.24, 2.45) is 5.92 Å². The number of hydrogen-bond acceptors (Lipinski definition) is 5. The van der Waals surface area contributed by atoms with E-state index in [0.29, 0.717) is 30.3 Å². The van der Waals surface area contributed by atoms with Crippen LogP contribution in [0.1, 0.15) is 18.9 Å². The van der Waals surface area contributed by atoms with Crippen LogP contribution in [0.25, 0.3) is 0 Å². The van der Waals surface area contributed by atoms with Crippen LogP contribution < -0.4 is 4.74 Å². The fraction of sp³-hybridized carbons (Fsp3) is 0.562. The van der Waals surface area contributed by atoms with Gasteiger partial charge in [0.25, 0.3) is 0 Å². The SMILES string of the molecule is CC1CCN(CC(O)COc2ccccc2C#N)CC1O. The Morgan fingerprint density at radius 2 is 2.24 bits per heavy atom. The van der Waals surface area contributed by atoms with Crippen molar-refractivity contribution in [3.8, 4) is 11.8 Å². The van der Waals surface area contributed by atoms with Crippen LogP contribution >= 0.6 is 0 Å². The van der Waals surface area contributed by atoms with Crippen molar-refractivity contribution in [3.05, 3.63) is 29.8 Å². The van der Waals surface area contributed by atoms with Crippen molar-refractivity contribution in [1.29, 1.82) is 5.26 Å². The van der Waals surface area contributed by atoms with Gasteiger partial charge in [0.15, 0.2) is 0 Å². The van der Waals surface area contributed by atoms with Gasteiger partial charge in [-0.2, -0.15) is 5.26 Å². The molecule has 0 aromatic heterocycles. The molecule has 1 aliphatic heterocycles. The molecule has 1 saturated heterocycles. The van der Waals surface area contributed by atoms with Crippen LogP contribution in [-0.2, 0) is 0 Å². The molecular weight excluding hydrogens is 268 g/mol. The van der Waals surface area contributed by atoms with Crippen LogP contribution in [0.15, 0.2) is 24.3 Å². The van der Waals surface area contributed by atoms with E-state index in [-0.39, 0.29) is 12.7 Å². The van der Waals surface area contributed by atoms with Crippen molar-refractivity contribution >= 4 is 0 Å². The Hall–Kier alpha value is -1.61. The number of β-amino-alcohol motifs (C(OH)–C–C–N with tert-alkyl or cyclic N) is 2. The second-order valence-electron chi connectivity index (χ2n) is 5.67. The van der Waals surface area contributed by atoms with Crippen LogP contribution in [0.4, 0.5) is 0 Å². The van der Waals surface area contributed by atoms with Crippen molar-refractivity contribution in [2.45, 2.75) is 25.6 Å². The molecule has 1 aliphatic rings. The fourth-order valence-electron chi connectivity index (χ4n) is 2.50. The molecule has 114 valence electrons. The lowest BCUT2D eigenvalue weighted by molar-refractivity contribution is 0.000122. The fourth-order valence-corrected chi connectivity index (χ4v) is 2.50. The summed E-state index contributed by atoms with van der Waals surface area (Å²) in [5.74, 6) is 0.809. The number of hydrogen-bond donors (Lipinski definition) is 2. The van der Waals surface area contributed by atoms with Crippen molar-refractivity contribution < 1.29 is 14.9 Å². The topological polar surface area (TPSA) is 76.7 Å². The second-order valence-corrected chi connectivity index (χ2v) is 5.67. The number of rotatable bonds is 5. The first kappa shape index (κ1) is 15.8. The average molecular weight is 290 g/mol. The van der Waals surface area contributed by atoms with Gasteiger partial charge in [-0.3, -0.25) is 4.90 Å². The maximum absolute atomic E-state index is 10.0. The average Bonchev–Trinajstić information content (AvgIpc) is 2.49. The highest BCUT2D eigenvalue weighted by molar-refractivity contribution is 5.42.